The van der Waals surface area contributed by atoms with Crippen LogP contribution in [0.25, 0.3) is 0 Å². The lowest BCUT2D eigenvalue weighted by Crippen LogP contribution is -2.30. The molecule has 0 spiro atoms. The Balaban J connectivity index is 4.40. The van der Waals surface area contributed by atoms with Gasteiger partial charge in [0, 0.05) is 19.3 Å². The molecule has 0 heterocycles. The average Bonchev–Trinajstić information content (AvgIpc) is 1.75. The van der Waals surface area contributed by atoms with E-state index in [0.717, 1.165) is 122 Å². The molecule has 552 valence electrons. The number of ether oxygens (including phenoxy) is 3. The smallest absolute Gasteiger partial charge is 0.463 e. The number of carbonyl (C=O) groups is 3. The number of allylic oxidation sites excluding steroid dienone is 14. The van der Waals surface area contributed by atoms with Crippen LogP contribution < -0.4 is 0 Å². The van der Waals surface area contributed by atoms with E-state index >= 15 is 0 Å². The van der Waals surface area contributed by atoms with E-state index in [4.69, 9.17) is 32.3 Å². The first-order valence-electron chi connectivity index (χ1n) is 37.9. The standard InChI is InChI=1S/C77H138O16P2/c1-4-7-10-13-16-19-22-25-27-28-29-30-31-32-33-34-35-36-37-38-39-40-41-42-44-47-48-51-54-57-60-63-75(80)87-66-72(78)67-89-94(83,84)90-68-73(79)69-91-95(85,86)92-71-74(93-77(82)65-62-59-56-53-50-45-24-21-18-15-12-9-6-3)70-88-76(81)64-61-58-55-52-49-46-43-26-23-20-17-14-11-8-5-2/h7,10,16,19,21,24-25,27,29-30,32-33,35-36,72-74,78-79H,4-6,8-9,11-15,17-18,20,22-23,26,28,31,34,37-71H2,1-3H3,(H,83,84)(H,85,86)/b10-7-,19-16-,24-21-,27-25-,30-29-,33-32-,36-35-. The van der Waals surface area contributed by atoms with Crippen molar-refractivity contribution in [1.82, 2.24) is 0 Å². The molecular formula is C77H138O16P2. The predicted octanol–water partition coefficient (Wildman–Crippen LogP) is 21.7. The maximum atomic E-state index is 12.9. The van der Waals surface area contributed by atoms with Gasteiger partial charge in [-0.15, -0.1) is 0 Å². The van der Waals surface area contributed by atoms with Crippen molar-refractivity contribution in [2.45, 2.75) is 347 Å². The highest BCUT2D eigenvalue weighted by molar-refractivity contribution is 7.47. The van der Waals surface area contributed by atoms with Crippen LogP contribution in [0.5, 0.6) is 0 Å². The Morgan fingerprint density at radius 2 is 0.558 bits per heavy atom. The number of phosphoric ester groups is 2. The van der Waals surface area contributed by atoms with E-state index < -0.39 is 91.5 Å². The van der Waals surface area contributed by atoms with Gasteiger partial charge in [-0.05, 0) is 96.3 Å². The summed E-state index contributed by atoms with van der Waals surface area (Å²) < 4.78 is 61.0. The first-order valence-corrected chi connectivity index (χ1v) is 40.9. The lowest BCUT2D eigenvalue weighted by atomic mass is 10.0. The molecule has 18 heteroatoms. The molecule has 0 aliphatic carbocycles. The number of aliphatic hydroxyl groups is 2. The second-order valence-electron chi connectivity index (χ2n) is 25.4. The Kier molecular flexibility index (Phi) is 68.2. The summed E-state index contributed by atoms with van der Waals surface area (Å²) in [4.78, 5) is 58.4. The summed E-state index contributed by atoms with van der Waals surface area (Å²) in [7, 11) is -9.77. The summed E-state index contributed by atoms with van der Waals surface area (Å²) in [6.45, 7) is 2.57. The van der Waals surface area contributed by atoms with Gasteiger partial charge in [-0.25, -0.2) is 9.13 Å². The molecule has 0 saturated carbocycles. The van der Waals surface area contributed by atoms with Gasteiger partial charge in [0.05, 0.1) is 26.4 Å². The van der Waals surface area contributed by atoms with Gasteiger partial charge in [0.2, 0.25) is 0 Å². The molecule has 0 aromatic carbocycles. The quantitative estimate of drug-likeness (QED) is 0.0146. The molecule has 4 N–H and O–H groups in total. The van der Waals surface area contributed by atoms with E-state index in [1.54, 1.807) is 0 Å². The van der Waals surface area contributed by atoms with Crippen LogP contribution in [0.4, 0.5) is 0 Å². The van der Waals surface area contributed by atoms with Gasteiger partial charge < -0.3 is 34.2 Å². The minimum Gasteiger partial charge on any atom is -0.463 e. The summed E-state index contributed by atoms with van der Waals surface area (Å²) in [5, 5.41) is 20.6. The molecular weight excluding hydrogens is 1240 g/mol. The van der Waals surface area contributed by atoms with Gasteiger partial charge in [0.25, 0.3) is 0 Å². The highest BCUT2D eigenvalue weighted by atomic mass is 31.2. The van der Waals surface area contributed by atoms with E-state index in [1.165, 1.54) is 148 Å². The molecule has 0 aliphatic rings. The van der Waals surface area contributed by atoms with Gasteiger partial charge in [0.15, 0.2) is 6.10 Å². The Morgan fingerprint density at radius 3 is 0.905 bits per heavy atom. The normalized spacial score (nSPS) is 14.6. The third-order valence-corrected chi connectivity index (χ3v) is 18.0. The predicted molar refractivity (Wildman–Crippen MR) is 390 cm³/mol. The Labute approximate surface area is 578 Å². The minimum atomic E-state index is -4.92. The van der Waals surface area contributed by atoms with Gasteiger partial charge in [-0.1, -0.05) is 298 Å². The molecule has 0 rings (SSSR count). The molecule has 0 amide bonds. The first-order chi connectivity index (χ1) is 46.2. The number of esters is 3. The Bertz CT molecular complexity index is 2070. The Morgan fingerprint density at radius 1 is 0.305 bits per heavy atom. The zero-order chi connectivity index (χ0) is 69.5. The van der Waals surface area contributed by atoms with Gasteiger partial charge in [0.1, 0.15) is 25.4 Å². The molecule has 0 aromatic rings. The van der Waals surface area contributed by atoms with E-state index in [0.29, 0.717) is 19.3 Å². The molecule has 95 heavy (non-hydrogen) atoms. The van der Waals surface area contributed by atoms with Crippen LogP contribution in [0.3, 0.4) is 0 Å². The monoisotopic (exact) mass is 1380 g/mol. The second kappa shape index (κ2) is 70.6. The summed E-state index contributed by atoms with van der Waals surface area (Å²) in [6, 6.07) is 0. The van der Waals surface area contributed by atoms with Gasteiger partial charge >= 0.3 is 33.6 Å². The van der Waals surface area contributed by atoms with Crippen molar-refractivity contribution < 1.29 is 75.8 Å². The fourth-order valence-corrected chi connectivity index (χ4v) is 11.9. The lowest BCUT2D eigenvalue weighted by molar-refractivity contribution is -0.161. The van der Waals surface area contributed by atoms with E-state index in [-0.39, 0.29) is 19.3 Å². The summed E-state index contributed by atoms with van der Waals surface area (Å²) in [6.07, 6.45) is 77.9. The van der Waals surface area contributed by atoms with Gasteiger partial charge in [-0.2, -0.15) is 0 Å². The second-order valence-corrected chi connectivity index (χ2v) is 28.3. The van der Waals surface area contributed by atoms with Crippen molar-refractivity contribution in [1.29, 1.82) is 0 Å². The summed E-state index contributed by atoms with van der Waals surface area (Å²) >= 11 is 0. The molecule has 0 aliphatic heterocycles. The molecule has 5 atom stereocenters. The maximum absolute atomic E-state index is 12.9. The van der Waals surface area contributed by atoms with Crippen LogP contribution >= 0.6 is 15.6 Å². The largest absolute Gasteiger partial charge is 0.472 e. The number of hydrogen-bond acceptors (Lipinski definition) is 14. The molecule has 0 fully saturated rings. The number of carbonyl (C=O) groups excluding carboxylic acids is 3. The van der Waals surface area contributed by atoms with Crippen molar-refractivity contribution in [3.63, 3.8) is 0 Å². The lowest BCUT2D eigenvalue weighted by Gasteiger charge is -2.21. The third kappa shape index (κ3) is 71.8. The van der Waals surface area contributed by atoms with Crippen LogP contribution in [-0.4, -0.2) is 95.9 Å². The average molecular weight is 1380 g/mol. The van der Waals surface area contributed by atoms with Crippen molar-refractivity contribution >= 4 is 33.6 Å². The van der Waals surface area contributed by atoms with E-state index in [9.17, 15) is 43.5 Å². The highest BCUT2D eigenvalue weighted by Gasteiger charge is 2.29. The summed E-state index contributed by atoms with van der Waals surface area (Å²) in [5.74, 6) is -1.57. The zero-order valence-electron chi connectivity index (χ0n) is 60.1. The van der Waals surface area contributed by atoms with Crippen LogP contribution in [0.1, 0.15) is 329 Å². The van der Waals surface area contributed by atoms with E-state index in [1.807, 2.05) is 0 Å². The number of hydrogen-bond donors (Lipinski definition) is 4. The van der Waals surface area contributed by atoms with Crippen molar-refractivity contribution in [3.8, 4) is 0 Å². The van der Waals surface area contributed by atoms with Crippen LogP contribution in [-0.2, 0) is 55.8 Å². The van der Waals surface area contributed by atoms with Gasteiger partial charge in [-0.3, -0.25) is 32.5 Å². The zero-order valence-corrected chi connectivity index (χ0v) is 61.9. The summed E-state index contributed by atoms with van der Waals surface area (Å²) in [5.41, 5.74) is 0. The van der Waals surface area contributed by atoms with Crippen molar-refractivity contribution in [2.75, 3.05) is 39.6 Å². The molecule has 5 unspecified atom stereocenters. The number of phosphoric acid groups is 2. The fraction of sp³-hybridized carbons (Fsp3) is 0.779. The minimum absolute atomic E-state index is 0.0990. The SMILES string of the molecule is CC/C=C\C/C=C\C/C=C\C/C=C\C/C=C\C/C=C\CCCCCCCCCCCCCCC(=O)OCC(O)COP(=O)(O)OCC(O)COP(=O)(O)OCC(COC(=O)CCCCCCCCCCCCCCCCC)OC(=O)CCCCCCC/C=C\CCCCCC. The fourth-order valence-electron chi connectivity index (χ4n) is 10.3. The topological polar surface area (TPSA) is 231 Å². The highest BCUT2D eigenvalue weighted by Crippen LogP contribution is 2.45. The van der Waals surface area contributed by atoms with Crippen LogP contribution in [0.2, 0.25) is 0 Å². The molecule has 0 radical (unpaired) electrons. The maximum Gasteiger partial charge on any atom is 0.472 e. The number of aliphatic hydroxyl groups excluding tert-OH is 2. The molecule has 0 aromatic heterocycles. The number of unbranched alkanes of at least 4 members (excludes halogenated alkanes) is 35. The Hall–Kier alpha value is -3.27. The number of rotatable bonds is 72. The van der Waals surface area contributed by atoms with Crippen molar-refractivity contribution in [3.05, 3.63) is 85.1 Å². The third-order valence-electron chi connectivity index (χ3n) is 16.1. The molecule has 0 bridgehead atoms. The van der Waals surface area contributed by atoms with Crippen LogP contribution in [0, 0.1) is 0 Å². The molecule has 0 saturated heterocycles. The van der Waals surface area contributed by atoms with Crippen LogP contribution in [0.15, 0.2) is 85.1 Å². The van der Waals surface area contributed by atoms with E-state index in [2.05, 4.69) is 106 Å². The van der Waals surface area contributed by atoms with Crippen molar-refractivity contribution in [2.24, 2.45) is 0 Å². The molecule has 16 nitrogen and oxygen atoms in total. The first kappa shape index (κ1) is 91.7.